The second-order valence-electron chi connectivity index (χ2n) is 4.92. The number of hydrogen-bond donors (Lipinski definition) is 1. The highest BCUT2D eigenvalue weighted by Gasteiger charge is 2.26. The van der Waals surface area contributed by atoms with Crippen molar-refractivity contribution in [3.05, 3.63) is 22.2 Å². The van der Waals surface area contributed by atoms with Gasteiger partial charge in [-0.1, -0.05) is 0 Å². The molecule has 2 aliphatic heterocycles. The molecule has 3 rings (SSSR count). The van der Waals surface area contributed by atoms with Crippen molar-refractivity contribution in [2.75, 3.05) is 26.4 Å². The van der Waals surface area contributed by atoms with Crippen LogP contribution in [-0.4, -0.2) is 31.5 Å². The molecule has 0 radical (unpaired) electrons. The Morgan fingerprint density at radius 1 is 1.11 bits per heavy atom. The van der Waals surface area contributed by atoms with E-state index in [0.717, 1.165) is 41.8 Å². The van der Waals surface area contributed by atoms with Gasteiger partial charge in [-0.05, 0) is 52.4 Å². The van der Waals surface area contributed by atoms with E-state index in [1.54, 1.807) is 0 Å². The number of benzene rings is 1. The van der Waals surface area contributed by atoms with Crippen LogP contribution in [0.25, 0.3) is 0 Å². The highest BCUT2D eigenvalue weighted by molar-refractivity contribution is 9.10. The second kappa shape index (κ2) is 5.69. The third-order valence-electron chi connectivity index (χ3n) is 3.67. The molecular formula is C14H17BrO4. The predicted octanol–water partition coefficient (Wildman–Crippen LogP) is 2.68. The number of rotatable bonds is 2. The fraction of sp³-hybridized carbons (Fsp3) is 0.571. The van der Waals surface area contributed by atoms with Gasteiger partial charge in [0, 0.05) is 13.2 Å². The summed E-state index contributed by atoms with van der Waals surface area (Å²) in [6.45, 7) is 2.57. The Labute approximate surface area is 120 Å². The molecule has 0 amide bonds. The van der Waals surface area contributed by atoms with Gasteiger partial charge in [-0.15, -0.1) is 0 Å². The molecule has 0 saturated carbocycles. The summed E-state index contributed by atoms with van der Waals surface area (Å²) in [6, 6.07) is 3.81. The van der Waals surface area contributed by atoms with E-state index in [9.17, 15) is 5.11 Å². The molecule has 4 nitrogen and oxygen atoms in total. The van der Waals surface area contributed by atoms with Crippen molar-refractivity contribution in [1.82, 2.24) is 0 Å². The predicted molar refractivity (Wildman–Crippen MR) is 73.6 cm³/mol. The molecule has 1 saturated heterocycles. The molecule has 0 aromatic heterocycles. The van der Waals surface area contributed by atoms with Crippen molar-refractivity contribution >= 4 is 15.9 Å². The van der Waals surface area contributed by atoms with Gasteiger partial charge < -0.3 is 19.3 Å². The van der Waals surface area contributed by atoms with Crippen LogP contribution in [0.15, 0.2) is 16.6 Å². The summed E-state index contributed by atoms with van der Waals surface area (Å²) < 4.78 is 17.3. The molecule has 104 valence electrons. The maximum atomic E-state index is 10.5. The number of halogens is 1. The largest absolute Gasteiger partial charge is 0.486 e. The minimum Gasteiger partial charge on any atom is -0.486 e. The van der Waals surface area contributed by atoms with Gasteiger partial charge in [0.15, 0.2) is 11.5 Å². The van der Waals surface area contributed by atoms with Crippen LogP contribution >= 0.6 is 15.9 Å². The van der Waals surface area contributed by atoms with E-state index in [4.69, 9.17) is 14.2 Å². The highest BCUT2D eigenvalue weighted by Crippen LogP contribution is 2.41. The van der Waals surface area contributed by atoms with Gasteiger partial charge in [0.1, 0.15) is 13.2 Å². The average molecular weight is 329 g/mol. The molecule has 5 heteroatoms. The zero-order valence-electron chi connectivity index (χ0n) is 10.6. The summed E-state index contributed by atoms with van der Waals surface area (Å²) in [5.41, 5.74) is 0.878. The van der Waals surface area contributed by atoms with Crippen LogP contribution in [0.3, 0.4) is 0 Å². The molecule has 2 aliphatic rings. The SMILES string of the molecule is OC(c1cc(Br)c2c(c1)OCCO2)C1CCOCC1. The van der Waals surface area contributed by atoms with Gasteiger partial charge in [-0.25, -0.2) is 0 Å². The average Bonchev–Trinajstić information content (AvgIpc) is 2.47. The molecule has 1 aromatic rings. The van der Waals surface area contributed by atoms with E-state index >= 15 is 0 Å². The van der Waals surface area contributed by atoms with Gasteiger partial charge in [0.2, 0.25) is 0 Å². The lowest BCUT2D eigenvalue weighted by Crippen LogP contribution is -2.22. The van der Waals surface area contributed by atoms with Crippen LogP contribution in [0, 0.1) is 5.92 Å². The third-order valence-corrected chi connectivity index (χ3v) is 4.26. The highest BCUT2D eigenvalue weighted by atomic mass is 79.9. The number of aliphatic hydroxyl groups is 1. The van der Waals surface area contributed by atoms with E-state index in [1.807, 2.05) is 12.1 Å². The summed E-state index contributed by atoms with van der Waals surface area (Å²) in [7, 11) is 0. The zero-order valence-corrected chi connectivity index (χ0v) is 12.2. The number of ether oxygens (including phenoxy) is 3. The molecular weight excluding hydrogens is 312 g/mol. The molecule has 1 atom stereocenters. The van der Waals surface area contributed by atoms with Crippen molar-refractivity contribution in [3.63, 3.8) is 0 Å². The Morgan fingerprint density at radius 2 is 1.84 bits per heavy atom. The van der Waals surface area contributed by atoms with Crippen molar-refractivity contribution in [2.24, 2.45) is 5.92 Å². The summed E-state index contributed by atoms with van der Waals surface area (Å²) in [5, 5.41) is 10.5. The van der Waals surface area contributed by atoms with Crippen LogP contribution in [0.2, 0.25) is 0 Å². The number of fused-ring (bicyclic) bond motifs is 1. The van der Waals surface area contributed by atoms with Gasteiger partial charge in [0.05, 0.1) is 10.6 Å². The lowest BCUT2D eigenvalue weighted by molar-refractivity contribution is 0.00699. The van der Waals surface area contributed by atoms with Gasteiger partial charge in [-0.2, -0.15) is 0 Å². The van der Waals surface area contributed by atoms with Crippen molar-refractivity contribution in [2.45, 2.75) is 18.9 Å². The normalized spacial score (nSPS) is 21.2. The molecule has 0 bridgehead atoms. The summed E-state index contributed by atoms with van der Waals surface area (Å²) in [6.07, 6.45) is 1.32. The maximum absolute atomic E-state index is 10.5. The van der Waals surface area contributed by atoms with Gasteiger partial charge in [0.25, 0.3) is 0 Å². The molecule has 1 unspecified atom stereocenters. The Kier molecular flexibility index (Phi) is 3.96. The van der Waals surface area contributed by atoms with Crippen molar-refractivity contribution < 1.29 is 19.3 Å². The fourth-order valence-corrected chi connectivity index (χ4v) is 3.18. The first kappa shape index (κ1) is 13.2. The van der Waals surface area contributed by atoms with E-state index in [0.29, 0.717) is 19.0 Å². The molecule has 0 aliphatic carbocycles. The standard InChI is InChI=1S/C14H17BrO4/c15-11-7-10(8-12-14(11)19-6-5-18-12)13(16)9-1-3-17-4-2-9/h7-9,13,16H,1-6H2. The number of hydrogen-bond acceptors (Lipinski definition) is 4. The Hall–Kier alpha value is -0.780. The van der Waals surface area contributed by atoms with Crippen LogP contribution in [-0.2, 0) is 4.74 Å². The summed E-state index contributed by atoms with van der Waals surface area (Å²) in [5.74, 6) is 1.69. The van der Waals surface area contributed by atoms with Crippen LogP contribution in [0.1, 0.15) is 24.5 Å². The molecule has 2 heterocycles. The topological polar surface area (TPSA) is 47.9 Å². The molecule has 19 heavy (non-hydrogen) atoms. The molecule has 1 fully saturated rings. The van der Waals surface area contributed by atoms with Crippen molar-refractivity contribution in [3.8, 4) is 11.5 Å². The first-order valence-electron chi connectivity index (χ1n) is 6.60. The van der Waals surface area contributed by atoms with E-state index in [-0.39, 0.29) is 5.92 Å². The van der Waals surface area contributed by atoms with Gasteiger partial charge in [-0.3, -0.25) is 0 Å². The maximum Gasteiger partial charge on any atom is 0.175 e. The second-order valence-corrected chi connectivity index (χ2v) is 5.78. The van der Waals surface area contributed by atoms with Crippen LogP contribution < -0.4 is 9.47 Å². The Balaban J connectivity index is 1.85. The lowest BCUT2D eigenvalue weighted by atomic mass is 9.89. The van der Waals surface area contributed by atoms with E-state index < -0.39 is 6.10 Å². The minimum atomic E-state index is -0.476. The first-order chi connectivity index (χ1) is 9.25. The van der Waals surface area contributed by atoms with Crippen LogP contribution in [0.4, 0.5) is 0 Å². The van der Waals surface area contributed by atoms with Crippen molar-refractivity contribution in [1.29, 1.82) is 0 Å². The summed E-state index contributed by atoms with van der Waals surface area (Å²) >= 11 is 3.48. The first-order valence-corrected chi connectivity index (χ1v) is 7.40. The van der Waals surface area contributed by atoms with E-state index in [1.165, 1.54) is 0 Å². The molecule has 1 N–H and O–H groups in total. The molecule has 0 spiro atoms. The quantitative estimate of drug-likeness (QED) is 0.906. The smallest absolute Gasteiger partial charge is 0.175 e. The third kappa shape index (κ3) is 2.73. The number of aliphatic hydroxyl groups excluding tert-OH is 1. The zero-order chi connectivity index (χ0) is 13.2. The lowest BCUT2D eigenvalue weighted by Gasteiger charge is -2.28. The summed E-state index contributed by atoms with van der Waals surface area (Å²) in [4.78, 5) is 0. The Morgan fingerprint density at radius 3 is 2.63 bits per heavy atom. The fourth-order valence-electron chi connectivity index (χ4n) is 2.61. The monoisotopic (exact) mass is 328 g/mol. The van der Waals surface area contributed by atoms with E-state index in [2.05, 4.69) is 15.9 Å². The van der Waals surface area contributed by atoms with Gasteiger partial charge >= 0.3 is 0 Å². The Bertz CT molecular complexity index is 457. The van der Waals surface area contributed by atoms with Crippen LogP contribution in [0.5, 0.6) is 11.5 Å². The molecule has 1 aromatic carbocycles. The minimum absolute atomic E-state index is 0.253.